The van der Waals surface area contributed by atoms with Crippen molar-refractivity contribution in [3.8, 4) is 5.75 Å². The third-order valence-corrected chi connectivity index (χ3v) is 6.99. The van der Waals surface area contributed by atoms with Crippen molar-refractivity contribution in [3.63, 3.8) is 0 Å². The average molecular weight is 459 g/mol. The van der Waals surface area contributed by atoms with Crippen LogP contribution in [0.15, 0.2) is 59.6 Å². The van der Waals surface area contributed by atoms with Crippen molar-refractivity contribution in [3.05, 3.63) is 71.0 Å². The SMILES string of the molecule is C=CCn1c(COc2ccccc2F)nnc1SCC(=O)N1CCC[C@@H]1c1cccs1. The van der Waals surface area contributed by atoms with Crippen LogP contribution in [0.1, 0.15) is 29.6 Å². The number of amides is 1. The fourth-order valence-electron chi connectivity index (χ4n) is 3.60. The summed E-state index contributed by atoms with van der Waals surface area (Å²) in [5, 5.41) is 11.1. The van der Waals surface area contributed by atoms with Crippen molar-refractivity contribution in [1.82, 2.24) is 19.7 Å². The quantitative estimate of drug-likeness (QED) is 0.344. The smallest absolute Gasteiger partial charge is 0.233 e. The predicted octanol–water partition coefficient (Wildman–Crippen LogP) is 4.70. The first kappa shape index (κ1) is 21.6. The molecule has 1 saturated heterocycles. The molecule has 0 aliphatic carbocycles. The van der Waals surface area contributed by atoms with Crippen LogP contribution in [0.3, 0.4) is 0 Å². The number of carbonyl (C=O) groups is 1. The van der Waals surface area contributed by atoms with Gasteiger partial charge in [-0.1, -0.05) is 36.0 Å². The summed E-state index contributed by atoms with van der Waals surface area (Å²) < 4.78 is 21.2. The van der Waals surface area contributed by atoms with E-state index >= 15 is 0 Å². The lowest BCUT2D eigenvalue weighted by Gasteiger charge is -2.23. The summed E-state index contributed by atoms with van der Waals surface area (Å²) in [6.07, 6.45) is 3.75. The van der Waals surface area contributed by atoms with Gasteiger partial charge < -0.3 is 9.64 Å². The number of aromatic nitrogens is 3. The van der Waals surface area contributed by atoms with E-state index in [1.165, 1.54) is 22.7 Å². The highest BCUT2D eigenvalue weighted by Crippen LogP contribution is 2.35. The molecule has 1 atom stereocenters. The van der Waals surface area contributed by atoms with Crippen molar-refractivity contribution < 1.29 is 13.9 Å². The zero-order chi connectivity index (χ0) is 21.6. The summed E-state index contributed by atoms with van der Waals surface area (Å²) >= 11 is 3.04. The van der Waals surface area contributed by atoms with Crippen LogP contribution in [0.25, 0.3) is 0 Å². The zero-order valence-electron chi connectivity index (χ0n) is 16.9. The lowest BCUT2D eigenvalue weighted by Crippen LogP contribution is -2.31. The standard InChI is InChI=1S/C22H23FN4O2S2/c1-2-11-27-20(14-29-18-9-4-3-7-16(18)23)24-25-22(27)31-15-21(28)26-12-5-8-17(26)19-10-6-13-30-19/h2-4,6-7,9-10,13,17H,1,5,8,11-12,14-15H2/t17-/m1/s1. The molecule has 0 saturated carbocycles. The molecule has 1 amide bonds. The van der Waals surface area contributed by atoms with Gasteiger partial charge in [0.2, 0.25) is 5.91 Å². The number of hydrogen-bond donors (Lipinski definition) is 0. The van der Waals surface area contributed by atoms with Crippen LogP contribution in [0, 0.1) is 5.82 Å². The van der Waals surface area contributed by atoms with Gasteiger partial charge in [-0.2, -0.15) is 0 Å². The Balaban J connectivity index is 1.40. The second-order valence-corrected chi connectivity index (χ2v) is 8.99. The summed E-state index contributed by atoms with van der Waals surface area (Å²) in [6.45, 7) is 5.11. The van der Waals surface area contributed by atoms with Crippen LogP contribution in [0.4, 0.5) is 4.39 Å². The number of carbonyl (C=O) groups excluding carboxylic acids is 1. The highest BCUT2D eigenvalue weighted by molar-refractivity contribution is 7.99. The Hall–Kier alpha value is -2.65. The van der Waals surface area contributed by atoms with Crippen LogP contribution in [0.2, 0.25) is 0 Å². The highest BCUT2D eigenvalue weighted by atomic mass is 32.2. The first-order valence-corrected chi connectivity index (χ1v) is 11.9. The first-order valence-electron chi connectivity index (χ1n) is 10.0. The summed E-state index contributed by atoms with van der Waals surface area (Å²) in [4.78, 5) is 16.1. The van der Waals surface area contributed by atoms with Crippen molar-refractivity contribution in [2.45, 2.75) is 37.2 Å². The Morgan fingerprint density at radius 3 is 2.97 bits per heavy atom. The van der Waals surface area contributed by atoms with Gasteiger partial charge in [0.25, 0.3) is 0 Å². The summed E-state index contributed by atoms with van der Waals surface area (Å²) in [5.74, 6) is 0.664. The van der Waals surface area contributed by atoms with E-state index in [4.69, 9.17) is 4.74 Å². The highest BCUT2D eigenvalue weighted by Gasteiger charge is 2.30. The van der Waals surface area contributed by atoms with Gasteiger partial charge in [0.1, 0.15) is 6.61 Å². The second-order valence-electron chi connectivity index (χ2n) is 7.07. The van der Waals surface area contributed by atoms with Crippen molar-refractivity contribution in [2.75, 3.05) is 12.3 Å². The van der Waals surface area contributed by atoms with Gasteiger partial charge in [0.05, 0.1) is 11.8 Å². The Bertz CT molecular complexity index is 1040. The Morgan fingerprint density at radius 2 is 2.19 bits per heavy atom. The summed E-state index contributed by atoms with van der Waals surface area (Å²) in [7, 11) is 0. The van der Waals surface area contributed by atoms with Crippen LogP contribution < -0.4 is 4.74 Å². The molecule has 3 heterocycles. The number of nitrogens with zero attached hydrogens (tertiary/aromatic N) is 4. The fourth-order valence-corrected chi connectivity index (χ4v) is 5.33. The van der Waals surface area contributed by atoms with Crippen molar-refractivity contribution >= 4 is 29.0 Å². The lowest BCUT2D eigenvalue weighted by molar-refractivity contribution is -0.129. The molecular formula is C22H23FN4O2S2. The molecule has 2 aromatic heterocycles. The maximum atomic E-state index is 13.8. The number of halogens is 1. The van der Waals surface area contributed by atoms with Gasteiger partial charge in [-0.05, 0) is 36.4 Å². The molecule has 0 spiro atoms. The number of thioether (sulfide) groups is 1. The number of likely N-dealkylation sites (tertiary alicyclic amines) is 1. The topological polar surface area (TPSA) is 60.2 Å². The van der Waals surface area contributed by atoms with E-state index in [1.807, 2.05) is 20.9 Å². The number of allylic oxidation sites excluding steroid dienone is 1. The molecule has 4 rings (SSSR count). The number of hydrogen-bond acceptors (Lipinski definition) is 6. The molecule has 1 aromatic carbocycles. The van der Waals surface area contributed by atoms with Crippen molar-refractivity contribution in [1.29, 1.82) is 0 Å². The molecule has 1 aliphatic heterocycles. The molecule has 1 aliphatic rings. The third-order valence-electron chi connectivity index (χ3n) is 5.07. The molecule has 31 heavy (non-hydrogen) atoms. The van der Waals surface area contributed by atoms with E-state index in [1.54, 1.807) is 35.6 Å². The van der Waals surface area contributed by atoms with Gasteiger partial charge in [0, 0.05) is 18.0 Å². The second kappa shape index (κ2) is 10.1. The molecule has 0 N–H and O–H groups in total. The molecule has 6 nitrogen and oxygen atoms in total. The molecular weight excluding hydrogens is 435 g/mol. The van der Waals surface area contributed by atoms with Gasteiger partial charge in [0.15, 0.2) is 22.5 Å². The predicted molar refractivity (Wildman–Crippen MR) is 120 cm³/mol. The maximum Gasteiger partial charge on any atom is 0.233 e. The van der Waals surface area contributed by atoms with E-state index in [9.17, 15) is 9.18 Å². The van der Waals surface area contributed by atoms with Gasteiger partial charge in [-0.3, -0.25) is 9.36 Å². The minimum Gasteiger partial charge on any atom is -0.483 e. The lowest BCUT2D eigenvalue weighted by atomic mass is 10.2. The van der Waals surface area contributed by atoms with Crippen LogP contribution in [-0.4, -0.2) is 37.9 Å². The van der Waals surface area contributed by atoms with Crippen LogP contribution in [0.5, 0.6) is 5.75 Å². The van der Waals surface area contributed by atoms with E-state index in [0.29, 0.717) is 17.5 Å². The number of para-hydroxylation sites is 1. The van der Waals surface area contributed by atoms with E-state index in [0.717, 1.165) is 19.4 Å². The average Bonchev–Trinajstić information content (AvgIpc) is 3.53. The molecule has 0 bridgehead atoms. The summed E-state index contributed by atoms with van der Waals surface area (Å²) in [5.41, 5.74) is 0. The molecule has 0 unspecified atom stereocenters. The number of thiophene rings is 1. The van der Waals surface area contributed by atoms with Crippen LogP contribution >= 0.6 is 23.1 Å². The molecule has 162 valence electrons. The zero-order valence-corrected chi connectivity index (χ0v) is 18.6. The van der Waals surface area contributed by atoms with Gasteiger partial charge >= 0.3 is 0 Å². The first-order chi connectivity index (χ1) is 15.2. The Labute approximate surface area is 188 Å². The van der Waals surface area contributed by atoms with E-state index in [-0.39, 0.29) is 30.1 Å². The fraction of sp³-hybridized carbons (Fsp3) is 0.318. The number of rotatable bonds is 9. The van der Waals surface area contributed by atoms with Gasteiger partial charge in [-0.25, -0.2) is 4.39 Å². The van der Waals surface area contributed by atoms with Crippen molar-refractivity contribution in [2.24, 2.45) is 0 Å². The van der Waals surface area contributed by atoms with E-state index < -0.39 is 5.82 Å². The summed E-state index contributed by atoms with van der Waals surface area (Å²) in [6, 6.07) is 10.5. The minimum atomic E-state index is -0.427. The molecule has 9 heteroatoms. The molecule has 0 radical (unpaired) electrons. The number of ether oxygens (including phenoxy) is 1. The Kier molecular flexibility index (Phi) is 7.03. The molecule has 1 fully saturated rings. The van der Waals surface area contributed by atoms with Crippen LogP contribution in [-0.2, 0) is 17.9 Å². The Morgan fingerprint density at radius 1 is 1.32 bits per heavy atom. The maximum absolute atomic E-state index is 13.8. The monoisotopic (exact) mass is 458 g/mol. The largest absolute Gasteiger partial charge is 0.483 e. The minimum absolute atomic E-state index is 0.0723. The van der Waals surface area contributed by atoms with E-state index in [2.05, 4.69) is 22.8 Å². The van der Waals surface area contributed by atoms with Gasteiger partial charge in [-0.15, -0.1) is 28.1 Å². The number of benzene rings is 1. The third kappa shape index (κ3) is 4.99. The molecule has 3 aromatic rings. The normalized spacial score (nSPS) is 15.9.